The van der Waals surface area contributed by atoms with E-state index in [1.807, 2.05) is 13.8 Å². The lowest BCUT2D eigenvalue weighted by molar-refractivity contribution is -0.126. The fourth-order valence-electron chi connectivity index (χ4n) is 1.94. The molecule has 0 unspecified atom stereocenters. The van der Waals surface area contributed by atoms with E-state index >= 15 is 0 Å². The first-order valence-corrected chi connectivity index (χ1v) is 9.31. The Kier molecular flexibility index (Phi) is 17.7. The van der Waals surface area contributed by atoms with Crippen LogP contribution in [0.2, 0.25) is 0 Å². The van der Waals surface area contributed by atoms with Crippen LogP contribution in [0.5, 0.6) is 0 Å². The summed E-state index contributed by atoms with van der Waals surface area (Å²) < 4.78 is 0. The zero-order chi connectivity index (χ0) is 15.1. The summed E-state index contributed by atoms with van der Waals surface area (Å²) in [6, 6.07) is 0. The third-order valence-corrected chi connectivity index (χ3v) is 3.60. The van der Waals surface area contributed by atoms with Crippen LogP contribution in [0, 0.1) is 11.8 Å². The molecule has 1 fully saturated rings. The number of amides is 1. The Labute approximate surface area is 127 Å². The maximum Gasteiger partial charge on any atom is 0.223 e. The summed E-state index contributed by atoms with van der Waals surface area (Å²) in [5.74, 6) is 2.43. The minimum absolute atomic E-state index is 0. The normalized spacial score (nSPS) is 21.4. The third kappa shape index (κ3) is 12.6. The molecular weight excluding hydrogens is 254 g/mol. The topological polar surface area (TPSA) is 29.1 Å². The predicted octanol–water partition coefficient (Wildman–Crippen LogP) is 4.98. The number of hydrogen-bond acceptors (Lipinski definition) is 2. The molecule has 0 atom stereocenters. The summed E-state index contributed by atoms with van der Waals surface area (Å²) in [4.78, 5) is 11.7. The van der Waals surface area contributed by atoms with Crippen molar-refractivity contribution in [3.05, 3.63) is 0 Å². The van der Waals surface area contributed by atoms with Crippen molar-refractivity contribution in [2.75, 3.05) is 18.6 Å². The van der Waals surface area contributed by atoms with E-state index in [9.17, 15) is 4.79 Å². The average Bonchev–Trinajstić information content (AvgIpc) is 2.43. The van der Waals surface area contributed by atoms with Gasteiger partial charge in [-0.15, -0.1) is 0 Å². The molecule has 1 aliphatic rings. The standard InChI is InChI=1S/C11H21NOS.C3H8.C2H6.H2/c1-9-3-5-10(6-4-9)11(13)12-7-8-14-2;1-3-2;1-2;/h9-10H,3-8H2,1-2H3,(H,12,13);3H2,1-2H3;1-2H3;1H. The molecule has 0 aromatic rings. The molecule has 0 radical (unpaired) electrons. The van der Waals surface area contributed by atoms with Crippen LogP contribution in [0.3, 0.4) is 0 Å². The van der Waals surface area contributed by atoms with Gasteiger partial charge in [-0.25, -0.2) is 0 Å². The molecular formula is C16H37NOS. The summed E-state index contributed by atoms with van der Waals surface area (Å²) in [5.41, 5.74) is 0. The maximum atomic E-state index is 11.7. The Morgan fingerprint density at radius 2 is 1.68 bits per heavy atom. The molecule has 1 aliphatic carbocycles. The van der Waals surface area contributed by atoms with Crippen LogP contribution in [0.25, 0.3) is 0 Å². The molecule has 0 heterocycles. The molecule has 3 heteroatoms. The minimum Gasteiger partial charge on any atom is -0.355 e. The monoisotopic (exact) mass is 291 g/mol. The van der Waals surface area contributed by atoms with E-state index in [4.69, 9.17) is 0 Å². The van der Waals surface area contributed by atoms with Gasteiger partial charge in [0.15, 0.2) is 0 Å². The first-order chi connectivity index (χ1) is 9.15. The van der Waals surface area contributed by atoms with E-state index in [0.717, 1.165) is 31.1 Å². The summed E-state index contributed by atoms with van der Waals surface area (Å²) >= 11 is 1.78. The lowest BCUT2D eigenvalue weighted by Gasteiger charge is -2.25. The van der Waals surface area contributed by atoms with Gasteiger partial charge in [0, 0.05) is 19.6 Å². The Hall–Kier alpha value is -0.180. The van der Waals surface area contributed by atoms with Crippen molar-refractivity contribution in [2.45, 2.75) is 66.7 Å². The quantitative estimate of drug-likeness (QED) is 0.740. The van der Waals surface area contributed by atoms with Gasteiger partial charge in [0.1, 0.15) is 0 Å². The Morgan fingerprint density at radius 3 is 2.11 bits per heavy atom. The fraction of sp³-hybridized carbons (Fsp3) is 0.938. The van der Waals surface area contributed by atoms with Gasteiger partial charge in [-0.2, -0.15) is 11.8 Å². The number of carbonyl (C=O) groups is 1. The molecule has 0 saturated heterocycles. The third-order valence-electron chi connectivity index (χ3n) is 2.99. The zero-order valence-corrected chi connectivity index (χ0v) is 14.7. The second-order valence-electron chi connectivity index (χ2n) is 4.95. The van der Waals surface area contributed by atoms with Gasteiger partial charge in [-0.3, -0.25) is 4.79 Å². The highest BCUT2D eigenvalue weighted by Crippen LogP contribution is 2.28. The van der Waals surface area contributed by atoms with Crippen LogP contribution in [0.15, 0.2) is 0 Å². The molecule has 0 aromatic heterocycles. The summed E-state index contributed by atoms with van der Waals surface area (Å²) in [6.45, 7) is 11.4. The maximum absolute atomic E-state index is 11.7. The van der Waals surface area contributed by atoms with Gasteiger partial charge in [0.05, 0.1) is 0 Å². The smallest absolute Gasteiger partial charge is 0.223 e. The molecule has 1 N–H and O–H groups in total. The molecule has 19 heavy (non-hydrogen) atoms. The molecule has 1 rings (SSSR count). The number of hydrogen-bond donors (Lipinski definition) is 1. The molecule has 0 aromatic carbocycles. The highest BCUT2D eigenvalue weighted by atomic mass is 32.2. The Balaban J connectivity index is -0.000000426. The van der Waals surface area contributed by atoms with Crippen molar-refractivity contribution in [2.24, 2.45) is 11.8 Å². The van der Waals surface area contributed by atoms with E-state index in [0.29, 0.717) is 5.92 Å². The lowest BCUT2D eigenvalue weighted by Crippen LogP contribution is -2.34. The summed E-state index contributed by atoms with van der Waals surface area (Å²) in [7, 11) is 0. The van der Waals surface area contributed by atoms with Gasteiger partial charge < -0.3 is 5.32 Å². The molecule has 2 nitrogen and oxygen atoms in total. The van der Waals surface area contributed by atoms with Crippen LogP contribution in [0.4, 0.5) is 0 Å². The fourth-order valence-corrected chi connectivity index (χ4v) is 2.25. The second kappa shape index (κ2) is 15.9. The van der Waals surface area contributed by atoms with E-state index in [2.05, 4.69) is 32.3 Å². The number of carbonyl (C=O) groups excluding carboxylic acids is 1. The largest absolute Gasteiger partial charge is 0.355 e. The van der Waals surface area contributed by atoms with Crippen LogP contribution in [-0.4, -0.2) is 24.5 Å². The Bertz CT molecular complexity index is 195. The average molecular weight is 292 g/mol. The number of thioether (sulfide) groups is 1. The SMILES string of the molecule is CC.CCC.CSCCNC(=O)C1CCC(C)CC1.[HH]. The molecule has 1 saturated carbocycles. The van der Waals surface area contributed by atoms with E-state index in [1.165, 1.54) is 19.3 Å². The molecule has 1 amide bonds. The summed E-state index contributed by atoms with van der Waals surface area (Å²) in [5, 5.41) is 3.01. The highest BCUT2D eigenvalue weighted by molar-refractivity contribution is 7.98. The second-order valence-corrected chi connectivity index (χ2v) is 5.93. The zero-order valence-electron chi connectivity index (χ0n) is 13.9. The molecule has 118 valence electrons. The van der Waals surface area contributed by atoms with Crippen LogP contribution >= 0.6 is 11.8 Å². The van der Waals surface area contributed by atoms with Gasteiger partial charge in [0.25, 0.3) is 0 Å². The van der Waals surface area contributed by atoms with Crippen LogP contribution < -0.4 is 5.32 Å². The summed E-state index contributed by atoms with van der Waals surface area (Å²) in [6.07, 6.45) is 7.94. The lowest BCUT2D eigenvalue weighted by atomic mass is 9.82. The van der Waals surface area contributed by atoms with E-state index in [1.54, 1.807) is 11.8 Å². The van der Waals surface area contributed by atoms with Gasteiger partial charge in [-0.1, -0.05) is 41.0 Å². The van der Waals surface area contributed by atoms with E-state index in [-0.39, 0.29) is 7.33 Å². The molecule has 0 spiro atoms. The van der Waals surface area contributed by atoms with Crippen molar-refractivity contribution in [1.29, 1.82) is 0 Å². The number of rotatable bonds is 4. The number of nitrogens with one attached hydrogen (secondary N) is 1. The van der Waals surface area contributed by atoms with Crippen molar-refractivity contribution in [3.8, 4) is 0 Å². The van der Waals surface area contributed by atoms with E-state index < -0.39 is 0 Å². The predicted molar refractivity (Wildman–Crippen MR) is 91.9 cm³/mol. The van der Waals surface area contributed by atoms with Crippen molar-refractivity contribution < 1.29 is 6.22 Å². The van der Waals surface area contributed by atoms with Crippen LogP contribution in [-0.2, 0) is 4.79 Å². The molecule has 0 bridgehead atoms. The van der Waals surface area contributed by atoms with Crippen LogP contribution in [0.1, 0.15) is 68.1 Å². The van der Waals surface area contributed by atoms with Crippen molar-refractivity contribution in [1.82, 2.24) is 5.32 Å². The Morgan fingerprint density at radius 1 is 1.21 bits per heavy atom. The highest BCUT2D eigenvalue weighted by Gasteiger charge is 2.23. The van der Waals surface area contributed by atoms with Crippen molar-refractivity contribution >= 4 is 17.7 Å². The van der Waals surface area contributed by atoms with Crippen molar-refractivity contribution in [3.63, 3.8) is 0 Å². The minimum atomic E-state index is 0. The molecule has 0 aliphatic heterocycles. The van der Waals surface area contributed by atoms with Gasteiger partial charge >= 0.3 is 0 Å². The first kappa shape index (κ1) is 21.1. The van der Waals surface area contributed by atoms with Gasteiger partial charge in [-0.05, 0) is 37.9 Å². The van der Waals surface area contributed by atoms with Gasteiger partial charge in [0.2, 0.25) is 5.91 Å². The first-order valence-electron chi connectivity index (χ1n) is 7.92.